The lowest BCUT2D eigenvalue weighted by molar-refractivity contribution is 0.198. The third-order valence-electron chi connectivity index (χ3n) is 0.762. The first kappa shape index (κ1) is 7.50. The molecule has 0 fully saturated rings. The van der Waals surface area contributed by atoms with Gasteiger partial charge in [0.05, 0.1) is 6.10 Å². The summed E-state index contributed by atoms with van der Waals surface area (Å²) in [6.07, 6.45) is 4.21. The Morgan fingerprint density at radius 3 is 2.75 bits per heavy atom. The van der Waals surface area contributed by atoms with Crippen LogP contribution in [0.3, 0.4) is 0 Å². The van der Waals surface area contributed by atoms with Crippen molar-refractivity contribution in [3.63, 3.8) is 0 Å². The fraction of sp³-hybridized carbons (Fsp3) is 0.667. The summed E-state index contributed by atoms with van der Waals surface area (Å²) in [5.74, 6) is 0. The smallest absolute Gasteiger partial charge is 0.0547 e. The van der Waals surface area contributed by atoms with Crippen molar-refractivity contribution < 1.29 is 5.11 Å². The van der Waals surface area contributed by atoms with Gasteiger partial charge in [-0.05, 0) is 19.5 Å². The van der Waals surface area contributed by atoms with Gasteiger partial charge in [-0.1, -0.05) is 6.08 Å². The summed E-state index contributed by atoms with van der Waals surface area (Å²) in [6, 6.07) is 0. The van der Waals surface area contributed by atoms with Gasteiger partial charge in [0.25, 0.3) is 0 Å². The molecule has 2 heteroatoms. The zero-order valence-corrected chi connectivity index (χ0v) is 5.39. The van der Waals surface area contributed by atoms with Gasteiger partial charge in [-0.15, -0.1) is 0 Å². The molecule has 2 N–H and O–H groups in total. The van der Waals surface area contributed by atoms with E-state index < -0.39 is 0 Å². The number of aliphatic hydroxyl groups is 1. The first-order chi connectivity index (χ1) is 3.77. The Bertz CT molecular complexity index is 68.9. The molecule has 0 saturated heterocycles. The number of nitrogens with one attached hydrogen (secondary N) is 1. The van der Waals surface area contributed by atoms with Crippen molar-refractivity contribution in [2.24, 2.45) is 0 Å². The van der Waals surface area contributed by atoms with E-state index in [0.29, 0.717) is 0 Å². The molecule has 0 amide bonds. The summed E-state index contributed by atoms with van der Waals surface area (Å²) in [4.78, 5) is 0. The Hall–Kier alpha value is -0.500. The summed E-state index contributed by atoms with van der Waals surface area (Å²) < 4.78 is 0. The standard InChI is InChI=1S/C6H13NO/c1-6(8)4-3-5-7-2/h3,5-8H,4H2,1-2H3. The van der Waals surface area contributed by atoms with Crippen LogP contribution in [0.5, 0.6) is 0 Å². The largest absolute Gasteiger partial charge is 0.394 e. The second kappa shape index (κ2) is 4.65. The van der Waals surface area contributed by atoms with Crippen molar-refractivity contribution in [1.29, 1.82) is 0 Å². The van der Waals surface area contributed by atoms with Gasteiger partial charge in [-0.25, -0.2) is 0 Å². The van der Waals surface area contributed by atoms with Gasteiger partial charge < -0.3 is 10.4 Å². The molecule has 0 saturated carbocycles. The lowest BCUT2D eigenvalue weighted by Gasteiger charge is -1.94. The Morgan fingerprint density at radius 1 is 1.75 bits per heavy atom. The molecular weight excluding hydrogens is 102 g/mol. The van der Waals surface area contributed by atoms with Crippen molar-refractivity contribution in [1.82, 2.24) is 5.32 Å². The van der Waals surface area contributed by atoms with Crippen molar-refractivity contribution in [3.8, 4) is 0 Å². The average molecular weight is 115 g/mol. The van der Waals surface area contributed by atoms with Crippen LogP contribution in [0.15, 0.2) is 12.3 Å². The van der Waals surface area contributed by atoms with Crippen molar-refractivity contribution in [3.05, 3.63) is 12.3 Å². The van der Waals surface area contributed by atoms with E-state index in [-0.39, 0.29) is 6.10 Å². The van der Waals surface area contributed by atoms with Crippen molar-refractivity contribution >= 4 is 0 Å². The number of aliphatic hydroxyl groups excluding tert-OH is 1. The molecule has 1 atom stereocenters. The molecular formula is C6H13NO. The van der Waals surface area contributed by atoms with Gasteiger partial charge in [0.15, 0.2) is 0 Å². The van der Waals surface area contributed by atoms with Crippen molar-refractivity contribution in [2.75, 3.05) is 7.05 Å². The molecule has 0 bridgehead atoms. The molecule has 0 aromatic heterocycles. The predicted octanol–water partition coefficient (Wildman–Crippen LogP) is 0.490. The first-order valence-electron chi connectivity index (χ1n) is 2.77. The van der Waals surface area contributed by atoms with Gasteiger partial charge in [0.1, 0.15) is 0 Å². The van der Waals surface area contributed by atoms with Gasteiger partial charge in [0, 0.05) is 7.05 Å². The molecule has 0 aromatic rings. The molecule has 0 aliphatic heterocycles. The highest BCUT2D eigenvalue weighted by Crippen LogP contribution is 1.87. The molecule has 8 heavy (non-hydrogen) atoms. The highest BCUT2D eigenvalue weighted by atomic mass is 16.3. The SMILES string of the molecule is CNC=CCC(C)O. The minimum absolute atomic E-state index is 0.223. The molecule has 0 aliphatic rings. The normalized spacial score (nSPS) is 14.4. The monoisotopic (exact) mass is 115 g/mol. The molecule has 0 radical (unpaired) electrons. The number of hydrogen-bond acceptors (Lipinski definition) is 2. The van der Waals surface area contributed by atoms with Gasteiger partial charge in [-0.2, -0.15) is 0 Å². The van der Waals surface area contributed by atoms with Crippen LogP contribution in [-0.4, -0.2) is 18.3 Å². The van der Waals surface area contributed by atoms with Gasteiger partial charge >= 0.3 is 0 Å². The van der Waals surface area contributed by atoms with E-state index in [4.69, 9.17) is 5.11 Å². The molecule has 0 aromatic carbocycles. The van der Waals surface area contributed by atoms with Crippen LogP contribution in [-0.2, 0) is 0 Å². The minimum Gasteiger partial charge on any atom is -0.394 e. The van der Waals surface area contributed by atoms with Crippen LogP contribution < -0.4 is 5.32 Å². The fourth-order valence-corrected chi connectivity index (χ4v) is 0.383. The first-order valence-corrected chi connectivity index (χ1v) is 2.77. The average Bonchev–Trinajstić information content (AvgIpc) is 1.66. The van der Waals surface area contributed by atoms with Crippen molar-refractivity contribution in [2.45, 2.75) is 19.4 Å². The Balaban J connectivity index is 3.03. The summed E-state index contributed by atoms with van der Waals surface area (Å²) >= 11 is 0. The summed E-state index contributed by atoms with van der Waals surface area (Å²) in [7, 11) is 1.83. The zero-order chi connectivity index (χ0) is 6.41. The summed E-state index contributed by atoms with van der Waals surface area (Å²) in [5.41, 5.74) is 0. The van der Waals surface area contributed by atoms with Crippen LogP contribution in [0, 0.1) is 0 Å². The maximum absolute atomic E-state index is 8.70. The highest BCUT2D eigenvalue weighted by Gasteiger charge is 1.86. The fourth-order valence-electron chi connectivity index (χ4n) is 0.383. The predicted molar refractivity (Wildman–Crippen MR) is 34.5 cm³/mol. The van der Waals surface area contributed by atoms with E-state index in [2.05, 4.69) is 5.32 Å². The quantitative estimate of drug-likeness (QED) is 0.561. The summed E-state index contributed by atoms with van der Waals surface area (Å²) in [6.45, 7) is 1.76. The minimum atomic E-state index is -0.223. The van der Waals surface area contributed by atoms with Gasteiger partial charge in [0.2, 0.25) is 0 Å². The molecule has 1 unspecified atom stereocenters. The van der Waals surface area contributed by atoms with E-state index >= 15 is 0 Å². The molecule has 2 nitrogen and oxygen atoms in total. The molecule has 0 heterocycles. The lowest BCUT2D eigenvalue weighted by Crippen LogP contribution is -1.97. The Kier molecular flexibility index (Phi) is 4.36. The molecule has 0 rings (SSSR count). The zero-order valence-electron chi connectivity index (χ0n) is 5.39. The molecule has 48 valence electrons. The van der Waals surface area contributed by atoms with Crippen LogP contribution in [0.2, 0.25) is 0 Å². The summed E-state index contributed by atoms with van der Waals surface area (Å²) in [5, 5.41) is 11.5. The van der Waals surface area contributed by atoms with E-state index in [1.54, 1.807) is 6.92 Å². The van der Waals surface area contributed by atoms with Crippen LogP contribution in [0.4, 0.5) is 0 Å². The van der Waals surface area contributed by atoms with Crippen LogP contribution in [0.1, 0.15) is 13.3 Å². The third kappa shape index (κ3) is 5.50. The Labute approximate surface area is 50.2 Å². The van der Waals surface area contributed by atoms with E-state index in [1.807, 2.05) is 19.3 Å². The third-order valence-corrected chi connectivity index (χ3v) is 0.762. The van der Waals surface area contributed by atoms with Gasteiger partial charge in [-0.3, -0.25) is 0 Å². The van der Waals surface area contributed by atoms with Crippen LogP contribution >= 0.6 is 0 Å². The second-order valence-corrected chi connectivity index (χ2v) is 1.78. The molecule has 0 aliphatic carbocycles. The highest BCUT2D eigenvalue weighted by molar-refractivity contribution is 4.79. The second-order valence-electron chi connectivity index (χ2n) is 1.78. The molecule has 0 spiro atoms. The maximum atomic E-state index is 8.70. The van der Waals surface area contributed by atoms with E-state index in [0.717, 1.165) is 6.42 Å². The Morgan fingerprint density at radius 2 is 2.38 bits per heavy atom. The number of rotatable bonds is 3. The van der Waals surface area contributed by atoms with Crippen LogP contribution in [0.25, 0.3) is 0 Å². The van der Waals surface area contributed by atoms with E-state index in [9.17, 15) is 0 Å². The lowest BCUT2D eigenvalue weighted by atomic mass is 10.3. The van der Waals surface area contributed by atoms with E-state index in [1.165, 1.54) is 0 Å². The number of hydrogen-bond donors (Lipinski definition) is 2. The topological polar surface area (TPSA) is 32.3 Å². The maximum Gasteiger partial charge on any atom is 0.0547 e.